The zero-order chi connectivity index (χ0) is 23.8. The molecule has 1 atom stereocenters. The number of ether oxygens (including phenoxy) is 4. The molecule has 0 aromatic carbocycles. The Labute approximate surface area is 181 Å². The summed E-state index contributed by atoms with van der Waals surface area (Å²) in [4.78, 5) is 58.8. The minimum atomic E-state index is -1.32. The molecule has 0 saturated heterocycles. The number of nitrogens with one attached hydrogen (secondary N) is 1. The quantitative estimate of drug-likeness (QED) is 0.323. The number of hydrogen-bond acceptors (Lipinski definition) is 12. The number of esters is 2. The minimum absolute atomic E-state index is 0.0407. The maximum Gasteiger partial charge on any atom is 0.519 e. The van der Waals surface area contributed by atoms with E-state index in [1.807, 2.05) is 0 Å². The Bertz CT molecular complexity index is 855. The van der Waals surface area contributed by atoms with Crippen LogP contribution in [-0.4, -0.2) is 48.0 Å². The Kier molecular flexibility index (Phi) is 9.62. The number of amides is 1. The zero-order valence-corrected chi connectivity index (χ0v) is 18.8. The van der Waals surface area contributed by atoms with Gasteiger partial charge in [0, 0.05) is 0 Å². The first kappa shape index (κ1) is 26.1. The minimum Gasteiger partial charge on any atom is -0.467 e. The van der Waals surface area contributed by atoms with Crippen LogP contribution in [0, 0.1) is 12.8 Å². The van der Waals surface area contributed by atoms with Gasteiger partial charge in [-0.3, -0.25) is 4.79 Å². The van der Waals surface area contributed by atoms with Gasteiger partial charge in [-0.1, -0.05) is 13.8 Å². The van der Waals surface area contributed by atoms with Gasteiger partial charge in [-0.25, -0.2) is 19.2 Å². The van der Waals surface area contributed by atoms with E-state index in [2.05, 4.69) is 14.5 Å². The van der Waals surface area contributed by atoms with Gasteiger partial charge in [-0.05, 0) is 32.5 Å². The highest BCUT2D eigenvalue weighted by Crippen LogP contribution is 2.31. The smallest absolute Gasteiger partial charge is 0.467 e. The molecule has 0 radical (unpaired) electrons. The van der Waals surface area contributed by atoms with E-state index in [4.69, 9.17) is 18.6 Å². The van der Waals surface area contributed by atoms with Gasteiger partial charge in [0.2, 0.25) is 6.79 Å². The molecule has 1 N–H and O–H groups in total. The molecule has 0 aliphatic carbocycles. The number of hydrogen-bond donors (Lipinski definition) is 1. The standard InChI is InChI=1S/C18H25NO11S/c1-9(2)13(20)27-8-28-15(22)19-12(14(21)25-6)18(4,5)31-17(24)26-7-11-10(3)29-16(23)30-11/h9,12H,7-8H2,1-6H3,(H,19,22)/t12-/m0/s1. The van der Waals surface area contributed by atoms with E-state index in [-0.39, 0.29) is 18.1 Å². The third-order valence-corrected chi connectivity index (χ3v) is 4.81. The largest absolute Gasteiger partial charge is 0.519 e. The van der Waals surface area contributed by atoms with Crippen LogP contribution in [0.5, 0.6) is 0 Å². The fraction of sp³-hybridized carbons (Fsp3) is 0.611. The lowest BCUT2D eigenvalue weighted by Crippen LogP contribution is -2.53. The zero-order valence-electron chi connectivity index (χ0n) is 18.0. The number of methoxy groups -OCH3 is 1. The van der Waals surface area contributed by atoms with E-state index in [9.17, 15) is 24.0 Å². The molecule has 12 nitrogen and oxygen atoms in total. The van der Waals surface area contributed by atoms with Crippen molar-refractivity contribution in [2.24, 2.45) is 5.92 Å². The van der Waals surface area contributed by atoms with Gasteiger partial charge in [0.05, 0.1) is 17.8 Å². The number of thioether (sulfide) groups is 1. The molecular formula is C18H25NO11S. The average molecular weight is 463 g/mol. The summed E-state index contributed by atoms with van der Waals surface area (Å²) in [7, 11) is 1.11. The Hall–Kier alpha value is -2.96. The third-order valence-electron chi connectivity index (χ3n) is 3.76. The molecule has 0 unspecified atom stereocenters. The van der Waals surface area contributed by atoms with Crippen molar-refractivity contribution >= 4 is 35.1 Å². The SMILES string of the molecule is COC(=O)[C@H](NC(=O)OCOC(=O)C(C)C)C(C)(C)SC(=O)OCc1oc(=O)oc1C. The number of carbonyl (C=O) groups excluding carboxylic acids is 4. The molecule has 0 aliphatic rings. The van der Waals surface area contributed by atoms with Crippen molar-refractivity contribution in [2.75, 3.05) is 13.9 Å². The molecule has 174 valence electrons. The molecule has 1 amide bonds. The molecule has 1 aromatic heterocycles. The van der Waals surface area contributed by atoms with Gasteiger partial charge in [0.1, 0.15) is 6.04 Å². The Morgan fingerprint density at radius 1 is 1.06 bits per heavy atom. The summed E-state index contributed by atoms with van der Waals surface area (Å²) in [6.45, 7) is 6.64. The van der Waals surface area contributed by atoms with E-state index in [1.54, 1.807) is 13.8 Å². The van der Waals surface area contributed by atoms with Crippen LogP contribution in [0.3, 0.4) is 0 Å². The molecule has 0 saturated carbocycles. The first-order valence-electron chi connectivity index (χ1n) is 9.00. The van der Waals surface area contributed by atoms with Gasteiger partial charge in [0.25, 0.3) is 0 Å². The summed E-state index contributed by atoms with van der Waals surface area (Å²) in [5, 5.41) is 1.46. The van der Waals surface area contributed by atoms with Crippen LogP contribution in [0.1, 0.15) is 39.2 Å². The number of carbonyl (C=O) groups is 4. The van der Waals surface area contributed by atoms with E-state index >= 15 is 0 Å². The number of rotatable bonds is 9. The van der Waals surface area contributed by atoms with Crippen LogP contribution >= 0.6 is 11.8 Å². The Morgan fingerprint density at radius 2 is 1.71 bits per heavy atom. The van der Waals surface area contributed by atoms with Crippen LogP contribution in [0.25, 0.3) is 0 Å². The molecule has 31 heavy (non-hydrogen) atoms. The predicted molar refractivity (Wildman–Crippen MR) is 105 cm³/mol. The first-order chi connectivity index (χ1) is 14.4. The summed E-state index contributed by atoms with van der Waals surface area (Å²) >= 11 is 0.592. The lowest BCUT2D eigenvalue weighted by molar-refractivity contribution is -0.156. The van der Waals surface area contributed by atoms with Crippen LogP contribution in [-0.2, 0) is 35.1 Å². The third kappa shape index (κ3) is 8.36. The normalized spacial score (nSPS) is 12.1. The maximum absolute atomic E-state index is 12.2. The Balaban J connectivity index is 2.70. The van der Waals surface area contributed by atoms with E-state index in [1.165, 1.54) is 20.8 Å². The van der Waals surface area contributed by atoms with Crippen LogP contribution in [0.2, 0.25) is 0 Å². The van der Waals surface area contributed by atoms with Crippen molar-refractivity contribution in [3.05, 3.63) is 22.1 Å². The van der Waals surface area contributed by atoms with Gasteiger partial charge in [0.15, 0.2) is 18.1 Å². The fourth-order valence-electron chi connectivity index (χ4n) is 2.04. The van der Waals surface area contributed by atoms with E-state index in [0.717, 1.165) is 7.11 Å². The predicted octanol–water partition coefficient (Wildman–Crippen LogP) is 2.11. The van der Waals surface area contributed by atoms with Crippen molar-refractivity contribution < 1.29 is 47.0 Å². The average Bonchev–Trinajstić information content (AvgIpc) is 3.00. The second kappa shape index (κ2) is 11.4. The molecule has 0 fully saturated rings. The van der Waals surface area contributed by atoms with E-state index < -0.39 is 52.7 Å². The second-order valence-corrected chi connectivity index (χ2v) is 8.54. The topological polar surface area (TPSA) is 161 Å². The molecular weight excluding hydrogens is 438 g/mol. The summed E-state index contributed by atoms with van der Waals surface area (Å²) in [5.74, 6) is -2.55. The summed E-state index contributed by atoms with van der Waals surface area (Å²) in [6.07, 6.45) is -1.07. The van der Waals surface area contributed by atoms with Crippen molar-refractivity contribution in [1.82, 2.24) is 5.32 Å². The molecule has 0 aliphatic heterocycles. The van der Waals surface area contributed by atoms with Crippen molar-refractivity contribution in [1.29, 1.82) is 0 Å². The van der Waals surface area contributed by atoms with Gasteiger partial charge >= 0.3 is 29.2 Å². The maximum atomic E-state index is 12.2. The van der Waals surface area contributed by atoms with Crippen LogP contribution < -0.4 is 11.1 Å². The van der Waals surface area contributed by atoms with Gasteiger partial charge in [-0.2, -0.15) is 0 Å². The summed E-state index contributed by atoms with van der Waals surface area (Å²) < 4.78 is 27.3. The molecule has 13 heteroatoms. The first-order valence-corrected chi connectivity index (χ1v) is 9.82. The molecule has 1 aromatic rings. The lowest BCUT2D eigenvalue weighted by Gasteiger charge is -2.30. The second-order valence-electron chi connectivity index (χ2n) is 6.95. The summed E-state index contributed by atoms with van der Waals surface area (Å²) in [6, 6.07) is -1.32. The number of alkyl carbamates (subject to hydrolysis) is 1. The van der Waals surface area contributed by atoms with Crippen molar-refractivity contribution in [3.63, 3.8) is 0 Å². The summed E-state index contributed by atoms with van der Waals surface area (Å²) in [5.41, 5.74) is 0. The van der Waals surface area contributed by atoms with Crippen molar-refractivity contribution in [2.45, 2.75) is 52.0 Å². The highest BCUT2D eigenvalue weighted by molar-refractivity contribution is 8.14. The molecule has 1 heterocycles. The molecule has 1 rings (SSSR count). The molecule has 0 spiro atoms. The Morgan fingerprint density at radius 3 is 2.23 bits per heavy atom. The lowest BCUT2D eigenvalue weighted by atomic mass is 10.0. The van der Waals surface area contributed by atoms with E-state index in [0.29, 0.717) is 11.8 Å². The van der Waals surface area contributed by atoms with Crippen LogP contribution in [0.15, 0.2) is 13.6 Å². The monoisotopic (exact) mass is 463 g/mol. The highest BCUT2D eigenvalue weighted by Gasteiger charge is 2.41. The highest BCUT2D eigenvalue weighted by atomic mass is 32.2. The fourth-order valence-corrected chi connectivity index (χ4v) is 2.86. The van der Waals surface area contributed by atoms with Crippen LogP contribution in [0.4, 0.5) is 9.59 Å². The van der Waals surface area contributed by atoms with Crippen molar-refractivity contribution in [3.8, 4) is 0 Å². The molecule has 0 bridgehead atoms. The van der Waals surface area contributed by atoms with Gasteiger partial charge in [-0.15, -0.1) is 0 Å². The number of aryl methyl sites for hydroxylation is 1. The van der Waals surface area contributed by atoms with Gasteiger partial charge < -0.3 is 33.1 Å².